The average Bonchev–Trinajstić information content (AvgIpc) is 2.29. The van der Waals surface area contributed by atoms with Crippen LogP contribution in [0.25, 0.3) is 0 Å². The van der Waals surface area contributed by atoms with Gasteiger partial charge in [0.1, 0.15) is 5.69 Å². The standard InChI is InChI=1S/C11H15N3O2/c12-9-4-3-7-13(8-9)10-5-1-2-6-11(10)14(15)16/h1-2,5-6,9H,3-4,7-8,12H2/t9-/m1/s1. The zero-order valence-electron chi connectivity index (χ0n) is 9.00. The summed E-state index contributed by atoms with van der Waals surface area (Å²) in [5, 5.41) is 10.9. The summed E-state index contributed by atoms with van der Waals surface area (Å²) in [7, 11) is 0. The maximum absolute atomic E-state index is 10.9. The first kappa shape index (κ1) is 10.9. The number of para-hydroxylation sites is 2. The van der Waals surface area contributed by atoms with Gasteiger partial charge in [-0.15, -0.1) is 0 Å². The molecule has 0 radical (unpaired) electrons. The van der Waals surface area contributed by atoms with Gasteiger partial charge in [-0.25, -0.2) is 0 Å². The highest BCUT2D eigenvalue weighted by atomic mass is 16.6. The Morgan fingerprint density at radius 3 is 2.88 bits per heavy atom. The second-order valence-electron chi connectivity index (χ2n) is 4.09. The molecule has 2 N–H and O–H groups in total. The minimum Gasteiger partial charge on any atom is -0.364 e. The predicted molar refractivity (Wildman–Crippen MR) is 62.5 cm³/mol. The van der Waals surface area contributed by atoms with Crippen LogP contribution in [0.5, 0.6) is 0 Å². The Labute approximate surface area is 94.0 Å². The highest BCUT2D eigenvalue weighted by molar-refractivity contribution is 5.63. The Hall–Kier alpha value is -1.62. The van der Waals surface area contributed by atoms with Gasteiger partial charge in [-0.3, -0.25) is 10.1 Å². The Morgan fingerprint density at radius 1 is 1.44 bits per heavy atom. The van der Waals surface area contributed by atoms with E-state index in [4.69, 9.17) is 5.73 Å². The predicted octanol–water partition coefficient (Wildman–Crippen LogP) is 1.52. The lowest BCUT2D eigenvalue weighted by Crippen LogP contribution is -2.43. The van der Waals surface area contributed by atoms with Crippen molar-refractivity contribution in [2.24, 2.45) is 5.73 Å². The molecule has 0 aliphatic carbocycles. The molecule has 5 nitrogen and oxygen atoms in total. The maximum atomic E-state index is 10.9. The van der Waals surface area contributed by atoms with Crippen molar-refractivity contribution in [1.82, 2.24) is 0 Å². The van der Waals surface area contributed by atoms with Crippen molar-refractivity contribution in [3.8, 4) is 0 Å². The molecule has 1 fully saturated rings. The third kappa shape index (κ3) is 2.14. The number of nitro benzene ring substituents is 1. The molecule has 0 bridgehead atoms. The summed E-state index contributed by atoms with van der Waals surface area (Å²) in [6, 6.07) is 6.95. The fourth-order valence-corrected chi connectivity index (χ4v) is 2.11. The van der Waals surface area contributed by atoms with E-state index in [0.29, 0.717) is 12.2 Å². The molecule has 0 unspecified atom stereocenters. The van der Waals surface area contributed by atoms with Crippen LogP contribution in [0.4, 0.5) is 11.4 Å². The lowest BCUT2D eigenvalue weighted by Gasteiger charge is -2.32. The molecule has 0 saturated carbocycles. The van der Waals surface area contributed by atoms with Gasteiger partial charge in [-0.1, -0.05) is 12.1 Å². The minimum atomic E-state index is -0.338. The van der Waals surface area contributed by atoms with E-state index in [0.717, 1.165) is 19.4 Å². The van der Waals surface area contributed by atoms with E-state index in [9.17, 15) is 10.1 Å². The summed E-state index contributed by atoms with van der Waals surface area (Å²) < 4.78 is 0. The Morgan fingerprint density at radius 2 is 2.19 bits per heavy atom. The highest BCUT2D eigenvalue weighted by Gasteiger charge is 2.23. The van der Waals surface area contributed by atoms with Gasteiger partial charge in [-0.2, -0.15) is 0 Å². The molecule has 0 amide bonds. The Kier molecular flexibility index (Phi) is 3.05. The van der Waals surface area contributed by atoms with Gasteiger partial charge in [0.2, 0.25) is 0 Å². The summed E-state index contributed by atoms with van der Waals surface area (Å²) in [5.74, 6) is 0. The molecule has 0 spiro atoms. The van der Waals surface area contributed by atoms with Crippen molar-refractivity contribution in [2.45, 2.75) is 18.9 Å². The zero-order chi connectivity index (χ0) is 11.5. The SMILES string of the molecule is N[C@@H]1CCCN(c2ccccc2[N+](=O)[O-])C1. The molecule has 1 aromatic rings. The number of hydrogen-bond donors (Lipinski definition) is 1. The van der Waals surface area contributed by atoms with Gasteiger partial charge in [0.15, 0.2) is 0 Å². The summed E-state index contributed by atoms with van der Waals surface area (Å²) in [6.45, 7) is 1.55. The molecular weight excluding hydrogens is 206 g/mol. The highest BCUT2D eigenvalue weighted by Crippen LogP contribution is 2.29. The second-order valence-corrected chi connectivity index (χ2v) is 4.09. The molecule has 5 heteroatoms. The lowest BCUT2D eigenvalue weighted by atomic mass is 10.1. The van der Waals surface area contributed by atoms with E-state index in [-0.39, 0.29) is 16.7 Å². The minimum absolute atomic E-state index is 0.119. The van der Waals surface area contributed by atoms with Gasteiger partial charge in [0.25, 0.3) is 5.69 Å². The van der Waals surface area contributed by atoms with E-state index in [1.54, 1.807) is 12.1 Å². The smallest absolute Gasteiger partial charge is 0.292 e. The van der Waals surface area contributed by atoms with Gasteiger partial charge in [-0.05, 0) is 18.9 Å². The van der Waals surface area contributed by atoms with Crippen LogP contribution < -0.4 is 10.6 Å². The van der Waals surface area contributed by atoms with Crippen LogP contribution in [0.2, 0.25) is 0 Å². The third-order valence-electron chi connectivity index (χ3n) is 2.88. The van der Waals surface area contributed by atoms with E-state index in [1.807, 2.05) is 11.0 Å². The van der Waals surface area contributed by atoms with E-state index >= 15 is 0 Å². The molecule has 86 valence electrons. The first-order valence-electron chi connectivity index (χ1n) is 5.42. The molecule has 1 aliphatic heterocycles. The van der Waals surface area contributed by atoms with Crippen molar-refractivity contribution in [1.29, 1.82) is 0 Å². The number of hydrogen-bond acceptors (Lipinski definition) is 4. The fraction of sp³-hybridized carbons (Fsp3) is 0.455. The molecule has 2 rings (SSSR count). The van der Waals surface area contributed by atoms with Crippen molar-refractivity contribution < 1.29 is 4.92 Å². The van der Waals surface area contributed by atoms with Gasteiger partial charge in [0.05, 0.1) is 4.92 Å². The molecular formula is C11H15N3O2. The number of benzene rings is 1. The number of anilines is 1. The zero-order valence-corrected chi connectivity index (χ0v) is 9.00. The number of nitrogens with two attached hydrogens (primary N) is 1. The normalized spacial score (nSPS) is 20.8. The summed E-state index contributed by atoms with van der Waals surface area (Å²) in [4.78, 5) is 12.6. The van der Waals surface area contributed by atoms with E-state index < -0.39 is 0 Å². The van der Waals surface area contributed by atoms with Crippen LogP contribution in [0.15, 0.2) is 24.3 Å². The first-order valence-corrected chi connectivity index (χ1v) is 5.42. The van der Waals surface area contributed by atoms with Crippen molar-refractivity contribution in [2.75, 3.05) is 18.0 Å². The summed E-state index contributed by atoms with van der Waals surface area (Å²) in [5.41, 5.74) is 6.72. The van der Waals surface area contributed by atoms with Gasteiger partial charge < -0.3 is 10.6 Å². The van der Waals surface area contributed by atoms with Gasteiger partial charge >= 0.3 is 0 Å². The van der Waals surface area contributed by atoms with Crippen LogP contribution in [-0.2, 0) is 0 Å². The lowest BCUT2D eigenvalue weighted by molar-refractivity contribution is -0.384. The average molecular weight is 221 g/mol. The molecule has 0 aromatic heterocycles. The number of piperidine rings is 1. The van der Waals surface area contributed by atoms with Crippen molar-refractivity contribution in [3.63, 3.8) is 0 Å². The van der Waals surface area contributed by atoms with Gasteiger partial charge in [0, 0.05) is 25.2 Å². The molecule has 1 aromatic carbocycles. The molecule has 1 atom stereocenters. The van der Waals surface area contributed by atoms with Crippen molar-refractivity contribution in [3.05, 3.63) is 34.4 Å². The topological polar surface area (TPSA) is 72.4 Å². The van der Waals surface area contributed by atoms with Crippen LogP contribution in [0.1, 0.15) is 12.8 Å². The number of nitrogens with zero attached hydrogens (tertiary/aromatic N) is 2. The van der Waals surface area contributed by atoms with Crippen LogP contribution >= 0.6 is 0 Å². The largest absolute Gasteiger partial charge is 0.364 e. The second kappa shape index (κ2) is 4.49. The van der Waals surface area contributed by atoms with Crippen LogP contribution in [0, 0.1) is 10.1 Å². The fourth-order valence-electron chi connectivity index (χ4n) is 2.11. The molecule has 1 heterocycles. The Bertz CT molecular complexity index is 395. The van der Waals surface area contributed by atoms with E-state index in [2.05, 4.69) is 0 Å². The monoisotopic (exact) mass is 221 g/mol. The number of nitro groups is 1. The quantitative estimate of drug-likeness (QED) is 0.607. The molecule has 1 saturated heterocycles. The summed E-state index contributed by atoms with van der Waals surface area (Å²) in [6.07, 6.45) is 1.99. The van der Waals surface area contributed by atoms with Crippen molar-refractivity contribution >= 4 is 11.4 Å². The Balaban J connectivity index is 2.28. The van der Waals surface area contributed by atoms with Crippen LogP contribution in [-0.4, -0.2) is 24.1 Å². The maximum Gasteiger partial charge on any atom is 0.292 e. The molecule has 16 heavy (non-hydrogen) atoms. The first-order chi connectivity index (χ1) is 7.68. The number of rotatable bonds is 2. The van der Waals surface area contributed by atoms with Crippen LogP contribution in [0.3, 0.4) is 0 Å². The third-order valence-corrected chi connectivity index (χ3v) is 2.88. The molecule has 1 aliphatic rings. The van der Waals surface area contributed by atoms with E-state index in [1.165, 1.54) is 6.07 Å². The summed E-state index contributed by atoms with van der Waals surface area (Å²) >= 11 is 0.